The van der Waals surface area contributed by atoms with Gasteiger partial charge in [-0.05, 0) is 23.5 Å². The molecule has 0 N–H and O–H groups in total. The lowest BCUT2D eigenvalue weighted by Gasteiger charge is -2.09. The molecule has 1 aromatic carbocycles. The second kappa shape index (κ2) is 5.89. The third-order valence-electron chi connectivity index (χ3n) is 2.76. The molecule has 1 saturated heterocycles. The molecule has 94 valence electrons. The van der Waals surface area contributed by atoms with Crippen LogP contribution in [-0.2, 0) is 20.7 Å². The van der Waals surface area contributed by atoms with Crippen molar-refractivity contribution in [3.8, 4) is 0 Å². The van der Waals surface area contributed by atoms with Gasteiger partial charge in [-0.1, -0.05) is 37.4 Å². The van der Waals surface area contributed by atoms with E-state index in [9.17, 15) is 0 Å². The summed E-state index contributed by atoms with van der Waals surface area (Å²) in [6.45, 7) is 11.3. The molecule has 1 heterocycles. The van der Waals surface area contributed by atoms with E-state index >= 15 is 0 Å². The van der Waals surface area contributed by atoms with E-state index in [-0.39, 0.29) is 7.12 Å². The van der Waals surface area contributed by atoms with Gasteiger partial charge in [0.15, 0.2) is 0 Å². The highest BCUT2D eigenvalue weighted by molar-refractivity contribution is 6.61. The van der Waals surface area contributed by atoms with Crippen LogP contribution in [0.5, 0.6) is 0 Å². The molecule has 0 aliphatic carbocycles. The molecular formula is C14H17BO3. The van der Waals surface area contributed by atoms with Crippen molar-refractivity contribution in [3.05, 3.63) is 54.3 Å². The van der Waals surface area contributed by atoms with E-state index in [2.05, 4.69) is 13.2 Å². The molecule has 1 aliphatic rings. The minimum Gasteiger partial charge on any atom is -0.489 e. The zero-order valence-electron chi connectivity index (χ0n) is 10.6. The summed E-state index contributed by atoms with van der Waals surface area (Å²) in [7, 11) is -0.217. The largest absolute Gasteiger partial charge is 0.494 e. The summed E-state index contributed by atoms with van der Waals surface area (Å²) in [6.07, 6.45) is 0. The van der Waals surface area contributed by atoms with Crippen molar-refractivity contribution >= 4 is 12.6 Å². The molecule has 0 bridgehead atoms. The quantitative estimate of drug-likeness (QED) is 0.450. The highest BCUT2D eigenvalue weighted by Crippen LogP contribution is 2.10. The Morgan fingerprint density at radius 3 is 2.39 bits per heavy atom. The first-order valence-electron chi connectivity index (χ1n) is 5.96. The molecule has 0 amide bonds. The topological polar surface area (TPSA) is 27.7 Å². The minimum absolute atomic E-state index is 0.217. The molecule has 1 aromatic rings. The van der Waals surface area contributed by atoms with E-state index in [0.29, 0.717) is 25.6 Å². The normalized spacial score (nSPS) is 14.6. The number of benzene rings is 1. The van der Waals surface area contributed by atoms with Crippen LogP contribution in [0.3, 0.4) is 0 Å². The number of hydrogen-bond acceptors (Lipinski definition) is 3. The van der Waals surface area contributed by atoms with Gasteiger partial charge in [0.05, 0.1) is 13.2 Å². The van der Waals surface area contributed by atoms with Crippen molar-refractivity contribution < 1.29 is 14.0 Å². The van der Waals surface area contributed by atoms with Crippen molar-refractivity contribution in [2.75, 3.05) is 13.2 Å². The second-order valence-electron chi connectivity index (χ2n) is 4.31. The summed E-state index contributed by atoms with van der Waals surface area (Å²) in [5.74, 6) is 0.626. The van der Waals surface area contributed by atoms with Gasteiger partial charge in [0, 0.05) is 0 Å². The van der Waals surface area contributed by atoms with Crippen LogP contribution in [0.1, 0.15) is 12.5 Å². The zero-order valence-corrected chi connectivity index (χ0v) is 10.6. The van der Waals surface area contributed by atoms with E-state index in [0.717, 1.165) is 16.6 Å². The molecule has 4 heteroatoms. The highest BCUT2D eigenvalue weighted by atomic mass is 16.6. The van der Waals surface area contributed by atoms with Gasteiger partial charge in [-0.2, -0.15) is 0 Å². The maximum atomic E-state index is 5.50. The van der Waals surface area contributed by atoms with E-state index in [1.54, 1.807) is 0 Å². The zero-order chi connectivity index (χ0) is 13.0. The van der Waals surface area contributed by atoms with Crippen LogP contribution in [0.4, 0.5) is 0 Å². The third-order valence-corrected chi connectivity index (χ3v) is 2.76. The fourth-order valence-corrected chi connectivity index (χ4v) is 1.62. The molecule has 18 heavy (non-hydrogen) atoms. The lowest BCUT2D eigenvalue weighted by Crippen LogP contribution is -2.31. The molecule has 1 aliphatic heterocycles. The first-order chi connectivity index (χ1) is 8.66. The fraction of sp³-hybridized carbons (Fsp3) is 0.286. The van der Waals surface area contributed by atoms with Crippen molar-refractivity contribution in [1.82, 2.24) is 0 Å². The Hall–Kier alpha value is -1.52. The summed E-state index contributed by atoms with van der Waals surface area (Å²) >= 11 is 0. The summed E-state index contributed by atoms with van der Waals surface area (Å²) in [5.41, 5.74) is 2.97. The van der Waals surface area contributed by atoms with Gasteiger partial charge in [0.2, 0.25) is 0 Å². The monoisotopic (exact) mass is 244 g/mol. The summed E-state index contributed by atoms with van der Waals surface area (Å²) in [6, 6.07) is 8.01. The predicted octanol–water partition coefficient (Wildman–Crippen LogP) is 2.04. The first-order valence-corrected chi connectivity index (χ1v) is 5.96. The number of ether oxygens (including phenoxy) is 1. The van der Waals surface area contributed by atoms with Crippen molar-refractivity contribution in [3.63, 3.8) is 0 Å². The highest BCUT2D eigenvalue weighted by Gasteiger charge is 2.25. The third kappa shape index (κ3) is 3.25. The van der Waals surface area contributed by atoms with E-state index in [1.165, 1.54) is 0 Å². The smallest absolute Gasteiger partial charge is 0.489 e. The molecule has 0 saturated carbocycles. The van der Waals surface area contributed by atoms with E-state index in [4.69, 9.17) is 14.0 Å². The summed E-state index contributed by atoms with van der Waals surface area (Å²) in [4.78, 5) is 0. The lowest BCUT2D eigenvalue weighted by molar-refractivity contribution is 0.208. The van der Waals surface area contributed by atoms with Gasteiger partial charge in [0.1, 0.15) is 12.4 Å². The summed E-state index contributed by atoms with van der Waals surface area (Å²) < 4.78 is 16.4. The average molecular weight is 244 g/mol. The van der Waals surface area contributed by atoms with E-state index in [1.807, 2.05) is 31.2 Å². The van der Waals surface area contributed by atoms with Crippen molar-refractivity contribution in [1.29, 1.82) is 0 Å². The second-order valence-corrected chi connectivity index (χ2v) is 4.31. The van der Waals surface area contributed by atoms with Crippen molar-refractivity contribution in [2.24, 2.45) is 0 Å². The molecule has 2 rings (SSSR count). The van der Waals surface area contributed by atoms with Crippen LogP contribution in [0.2, 0.25) is 0 Å². The van der Waals surface area contributed by atoms with Crippen LogP contribution in [0, 0.1) is 0 Å². The van der Waals surface area contributed by atoms with Gasteiger partial charge < -0.3 is 14.0 Å². The number of rotatable bonds is 5. The fourth-order valence-electron chi connectivity index (χ4n) is 1.62. The average Bonchev–Trinajstić information content (AvgIpc) is 2.90. The number of hydrogen-bond donors (Lipinski definition) is 0. The maximum absolute atomic E-state index is 5.50. The predicted molar refractivity (Wildman–Crippen MR) is 72.5 cm³/mol. The van der Waals surface area contributed by atoms with Crippen LogP contribution in [0.15, 0.2) is 48.8 Å². The van der Waals surface area contributed by atoms with Crippen LogP contribution in [0.25, 0.3) is 0 Å². The summed E-state index contributed by atoms with van der Waals surface area (Å²) in [5, 5.41) is 0. The molecular weight excluding hydrogens is 227 g/mol. The Morgan fingerprint density at radius 2 is 1.83 bits per heavy atom. The minimum atomic E-state index is -0.217. The molecule has 3 nitrogen and oxygen atoms in total. The van der Waals surface area contributed by atoms with Gasteiger partial charge in [-0.25, -0.2) is 0 Å². The lowest BCUT2D eigenvalue weighted by atomic mass is 9.79. The van der Waals surface area contributed by atoms with E-state index < -0.39 is 0 Å². The van der Waals surface area contributed by atoms with Crippen LogP contribution < -0.4 is 5.46 Å². The van der Waals surface area contributed by atoms with Crippen LogP contribution >= 0.6 is 0 Å². The Labute approximate surface area is 108 Å². The van der Waals surface area contributed by atoms with Gasteiger partial charge >= 0.3 is 7.12 Å². The Balaban J connectivity index is 1.91. The molecule has 0 atom stereocenters. The maximum Gasteiger partial charge on any atom is 0.494 e. The Morgan fingerprint density at radius 1 is 1.22 bits per heavy atom. The van der Waals surface area contributed by atoms with Crippen LogP contribution in [-0.4, -0.2) is 20.3 Å². The standard InChI is InChI=1S/C14H17BO3/c1-11(2)12(3)16-10-13-4-6-14(7-5-13)15-17-8-9-18-15/h4-7H,1,3,8-10H2,2H3. The van der Waals surface area contributed by atoms with Gasteiger partial charge in [-0.15, -0.1) is 0 Å². The molecule has 0 radical (unpaired) electrons. The molecule has 0 unspecified atom stereocenters. The van der Waals surface area contributed by atoms with Gasteiger partial charge in [0.25, 0.3) is 0 Å². The first kappa shape index (κ1) is 12.9. The van der Waals surface area contributed by atoms with Gasteiger partial charge in [-0.3, -0.25) is 0 Å². The molecule has 0 spiro atoms. The van der Waals surface area contributed by atoms with Crippen molar-refractivity contribution in [2.45, 2.75) is 13.5 Å². The Kier molecular flexibility index (Phi) is 4.23. The molecule has 1 fully saturated rings. The SMILES string of the molecule is C=C(C)C(=C)OCc1ccc(B2OCCO2)cc1. The Bertz CT molecular complexity index is 433. The molecule has 0 aromatic heterocycles. The number of allylic oxidation sites excluding steroid dienone is 1.